The smallest absolute Gasteiger partial charge is 0.293 e. The molecule has 110 valence electrons. The standard InChI is InChI=1S/C17H12BrNO3/c18-12-8-6-10(7-9-12)14-13(16(21)17(22)19-14)15(20)11-4-2-1-3-5-11/h1-9,14,20H,(H,19,22)/b15-13+. The maximum atomic E-state index is 12.1. The summed E-state index contributed by atoms with van der Waals surface area (Å²) in [4.78, 5) is 23.9. The second kappa shape index (κ2) is 5.77. The number of aliphatic hydroxyl groups excluding tert-OH is 1. The molecule has 0 spiro atoms. The molecule has 1 unspecified atom stereocenters. The van der Waals surface area contributed by atoms with Crippen LogP contribution >= 0.6 is 15.9 Å². The van der Waals surface area contributed by atoms with Crippen molar-refractivity contribution in [2.45, 2.75) is 6.04 Å². The van der Waals surface area contributed by atoms with Gasteiger partial charge in [-0.1, -0.05) is 58.4 Å². The van der Waals surface area contributed by atoms with Gasteiger partial charge in [0.1, 0.15) is 5.76 Å². The fourth-order valence-electron chi connectivity index (χ4n) is 2.42. The van der Waals surface area contributed by atoms with Crippen LogP contribution in [-0.4, -0.2) is 16.8 Å². The lowest BCUT2D eigenvalue weighted by atomic mass is 9.96. The van der Waals surface area contributed by atoms with Gasteiger partial charge >= 0.3 is 0 Å². The number of rotatable bonds is 2. The van der Waals surface area contributed by atoms with Crippen molar-refractivity contribution in [3.05, 3.63) is 75.8 Å². The van der Waals surface area contributed by atoms with Gasteiger partial charge in [0.15, 0.2) is 0 Å². The molecule has 1 heterocycles. The van der Waals surface area contributed by atoms with Crippen molar-refractivity contribution in [3.8, 4) is 0 Å². The fraction of sp³-hybridized carbons (Fsp3) is 0.0588. The molecule has 1 aliphatic rings. The van der Waals surface area contributed by atoms with Gasteiger partial charge < -0.3 is 10.4 Å². The number of benzene rings is 2. The van der Waals surface area contributed by atoms with Gasteiger partial charge in [0.25, 0.3) is 11.7 Å². The van der Waals surface area contributed by atoms with Gasteiger partial charge in [-0.2, -0.15) is 0 Å². The zero-order valence-corrected chi connectivity index (χ0v) is 13.0. The van der Waals surface area contributed by atoms with Gasteiger partial charge in [0.05, 0.1) is 11.6 Å². The molecule has 1 amide bonds. The van der Waals surface area contributed by atoms with Crippen LogP contribution in [0.2, 0.25) is 0 Å². The van der Waals surface area contributed by atoms with Crippen molar-refractivity contribution < 1.29 is 14.7 Å². The molecule has 1 atom stereocenters. The topological polar surface area (TPSA) is 66.4 Å². The zero-order chi connectivity index (χ0) is 15.7. The lowest BCUT2D eigenvalue weighted by molar-refractivity contribution is -0.133. The molecule has 0 aromatic heterocycles. The van der Waals surface area contributed by atoms with Crippen LogP contribution in [0, 0.1) is 0 Å². The predicted molar refractivity (Wildman–Crippen MR) is 86.0 cm³/mol. The number of hydrogen-bond acceptors (Lipinski definition) is 3. The van der Waals surface area contributed by atoms with E-state index in [4.69, 9.17) is 0 Å². The molecule has 3 rings (SSSR count). The number of Topliss-reactive ketones (excluding diaryl/α,β-unsaturated/α-hetero) is 1. The maximum absolute atomic E-state index is 12.1. The second-order valence-corrected chi connectivity index (χ2v) is 5.83. The molecular formula is C17H12BrNO3. The number of halogens is 1. The van der Waals surface area contributed by atoms with Crippen molar-refractivity contribution in [1.29, 1.82) is 0 Å². The van der Waals surface area contributed by atoms with Crippen LogP contribution in [-0.2, 0) is 9.59 Å². The third-order valence-electron chi connectivity index (χ3n) is 3.52. The van der Waals surface area contributed by atoms with E-state index < -0.39 is 17.7 Å². The number of amides is 1. The van der Waals surface area contributed by atoms with Gasteiger partial charge in [-0.3, -0.25) is 9.59 Å². The highest BCUT2D eigenvalue weighted by Crippen LogP contribution is 2.33. The van der Waals surface area contributed by atoms with Gasteiger partial charge in [0.2, 0.25) is 0 Å². The van der Waals surface area contributed by atoms with E-state index in [1.807, 2.05) is 18.2 Å². The summed E-state index contributed by atoms with van der Waals surface area (Å²) in [6, 6.07) is 15.3. The molecule has 0 saturated carbocycles. The van der Waals surface area contributed by atoms with Crippen LogP contribution in [0.1, 0.15) is 17.2 Å². The maximum Gasteiger partial charge on any atom is 0.293 e. The van der Waals surface area contributed by atoms with E-state index in [9.17, 15) is 14.7 Å². The third-order valence-corrected chi connectivity index (χ3v) is 4.05. The first kappa shape index (κ1) is 14.5. The van der Waals surface area contributed by atoms with Crippen molar-refractivity contribution >= 4 is 33.4 Å². The summed E-state index contributed by atoms with van der Waals surface area (Å²) >= 11 is 3.34. The summed E-state index contributed by atoms with van der Waals surface area (Å²) in [6.07, 6.45) is 0. The Morgan fingerprint density at radius 1 is 1.00 bits per heavy atom. The van der Waals surface area contributed by atoms with E-state index in [2.05, 4.69) is 21.2 Å². The third kappa shape index (κ3) is 2.55. The largest absolute Gasteiger partial charge is 0.507 e. The van der Waals surface area contributed by atoms with E-state index in [-0.39, 0.29) is 11.3 Å². The van der Waals surface area contributed by atoms with Crippen molar-refractivity contribution in [2.75, 3.05) is 0 Å². The summed E-state index contributed by atoms with van der Waals surface area (Å²) in [5.74, 6) is -1.57. The van der Waals surface area contributed by atoms with Gasteiger partial charge in [0, 0.05) is 10.0 Å². The van der Waals surface area contributed by atoms with E-state index in [1.54, 1.807) is 36.4 Å². The van der Waals surface area contributed by atoms with Crippen molar-refractivity contribution in [1.82, 2.24) is 5.32 Å². The molecule has 0 aliphatic carbocycles. The molecule has 2 aromatic carbocycles. The number of ketones is 1. The Bertz CT molecular complexity index is 766. The van der Waals surface area contributed by atoms with Crippen LogP contribution in [0.15, 0.2) is 64.6 Å². The number of aliphatic hydroxyl groups is 1. The normalized spacial score (nSPS) is 20.0. The molecule has 1 saturated heterocycles. The first-order chi connectivity index (χ1) is 10.6. The SMILES string of the molecule is O=C1NC(c2ccc(Br)cc2)/C(=C(\O)c2ccccc2)C1=O. The molecule has 4 nitrogen and oxygen atoms in total. The molecule has 0 radical (unpaired) electrons. The van der Waals surface area contributed by atoms with Crippen molar-refractivity contribution in [2.24, 2.45) is 0 Å². The number of hydrogen-bond donors (Lipinski definition) is 2. The minimum Gasteiger partial charge on any atom is -0.507 e. The molecule has 22 heavy (non-hydrogen) atoms. The first-order valence-corrected chi connectivity index (χ1v) is 7.46. The minimum atomic E-state index is -0.703. The lowest BCUT2D eigenvalue weighted by Crippen LogP contribution is -2.21. The monoisotopic (exact) mass is 357 g/mol. The summed E-state index contributed by atoms with van der Waals surface area (Å²) in [7, 11) is 0. The minimum absolute atomic E-state index is 0.0820. The zero-order valence-electron chi connectivity index (χ0n) is 11.4. The second-order valence-electron chi connectivity index (χ2n) is 4.92. The van der Waals surface area contributed by atoms with Crippen LogP contribution in [0.3, 0.4) is 0 Å². The van der Waals surface area contributed by atoms with Crippen LogP contribution in [0.25, 0.3) is 5.76 Å². The Morgan fingerprint density at radius 2 is 1.64 bits per heavy atom. The highest BCUT2D eigenvalue weighted by Gasteiger charge is 2.39. The molecule has 2 aromatic rings. The van der Waals surface area contributed by atoms with E-state index in [0.29, 0.717) is 5.56 Å². The molecule has 5 heteroatoms. The summed E-state index contributed by atoms with van der Waals surface area (Å²) in [6.45, 7) is 0. The van der Waals surface area contributed by atoms with Crippen LogP contribution in [0.5, 0.6) is 0 Å². The Morgan fingerprint density at radius 3 is 2.27 bits per heavy atom. The highest BCUT2D eigenvalue weighted by atomic mass is 79.9. The summed E-state index contributed by atoms with van der Waals surface area (Å²) < 4.78 is 0.893. The van der Waals surface area contributed by atoms with Crippen LogP contribution in [0.4, 0.5) is 0 Å². The molecule has 0 bridgehead atoms. The highest BCUT2D eigenvalue weighted by molar-refractivity contribution is 9.10. The number of nitrogens with one attached hydrogen (secondary N) is 1. The van der Waals surface area contributed by atoms with E-state index >= 15 is 0 Å². The van der Waals surface area contributed by atoms with E-state index in [0.717, 1.165) is 10.0 Å². The average Bonchev–Trinajstić information content (AvgIpc) is 2.84. The Labute approximate surface area is 135 Å². The van der Waals surface area contributed by atoms with Gasteiger partial charge in [-0.05, 0) is 17.7 Å². The van der Waals surface area contributed by atoms with Gasteiger partial charge in [-0.25, -0.2) is 0 Å². The molecule has 1 aliphatic heterocycles. The Kier molecular flexibility index (Phi) is 3.81. The fourth-order valence-corrected chi connectivity index (χ4v) is 2.69. The molecular weight excluding hydrogens is 346 g/mol. The van der Waals surface area contributed by atoms with Gasteiger partial charge in [-0.15, -0.1) is 0 Å². The number of carbonyl (C=O) groups is 2. The Balaban J connectivity index is 2.11. The first-order valence-electron chi connectivity index (χ1n) is 6.67. The quantitative estimate of drug-likeness (QED) is 0.492. The van der Waals surface area contributed by atoms with Crippen LogP contribution < -0.4 is 5.32 Å². The summed E-state index contributed by atoms with van der Waals surface area (Å²) in [5, 5.41) is 13.1. The predicted octanol–water partition coefficient (Wildman–Crippen LogP) is 3.16. The lowest BCUT2D eigenvalue weighted by Gasteiger charge is -2.13. The van der Waals surface area contributed by atoms with Crippen molar-refractivity contribution in [3.63, 3.8) is 0 Å². The average molecular weight is 358 g/mol. The van der Waals surface area contributed by atoms with E-state index in [1.165, 1.54) is 0 Å². The summed E-state index contributed by atoms with van der Waals surface area (Å²) in [5.41, 5.74) is 1.32. The molecule has 1 fully saturated rings. The number of carbonyl (C=O) groups excluding carboxylic acids is 2. The Hall–Kier alpha value is -2.40. The molecule has 2 N–H and O–H groups in total.